The average molecular weight is 208 g/mol. The van der Waals surface area contributed by atoms with Crippen molar-refractivity contribution in [2.24, 2.45) is 5.73 Å². The molecule has 1 amide bonds. The third kappa shape index (κ3) is 5.09. The van der Waals surface area contributed by atoms with Gasteiger partial charge in [-0.1, -0.05) is 18.7 Å². The lowest BCUT2D eigenvalue weighted by atomic mass is 10.2. The molecule has 0 fully saturated rings. The van der Waals surface area contributed by atoms with Crippen LogP contribution >= 0.6 is 0 Å². The number of carboxylic acids is 1. The minimum atomic E-state index is -0.981. The summed E-state index contributed by atoms with van der Waals surface area (Å²) in [5, 5.41) is 7.60. The minimum Gasteiger partial charge on any atom is -0.478 e. The predicted octanol–water partition coefficient (Wildman–Crippen LogP) is 0.625. The van der Waals surface area contributed by atoms with E-state index in [0.29, 0.717) is 11.3 Å². The molecule has 80 valence electrons. The maximum absolute atomic E-state index is 10.6. The zero-order valence-electron chi connectivity index (χ0n) is 8.01. The van der Waals surface area contributed by atoms with E-state index in [1.165, 1.54) is 0 Å². The summed E-state index contributed by atoms with van der Waals surface area (Å²) < 4.78 is 0. The van der Waals surface area contributed by atoms with Crippen molar-refractivity contribution in [2.75, 3.05) is 5.73 Å². The Bertz CT molecular complexity index is 375. The van der Waals surface area contributed by atoms with Gasteiger partial charge in [-0.3, -0.25) is 4.79 Å². The SMILES string of the molecule is C=CC(=O)O.NC(=O)c1ccccc1N. The Labute approximate surface area is 87.0 Å². The zero-order chi connectivity index (χ0) is 11.8. The number of para-hydroxylation sites is 1. The molecule has 0 aliphatic rings. The maximum Gasteiger partial charge on any atom is 0.327 e. The lowest BCUT2D eigenvalue weighted by molar-refractivity contribution is -0.131. The van der Waals surface area contributed by atoms with E-state index in [2.05, 4.69) is 6.58 Å². The first-order valence-corrected chi connectivity index (χ1v) is 3.98. The number of carbonyl (C=O) groups is 2. The van der Waals surface area contributed by atoms with E-state index in [4.69, 9.17) is 16.6 Å². The molecule has 5 N–H and O–H groups in total. The van der Waals surface area contributed by atoms with Crippen molar-refractivity contribution in [3.05, 3.63) is 42.5 Å². The fourth-order valence-electron chi connectivity index (χ4n) is 0.721. The van der Waals surface area contributed by atoms with Gasteiger partial charge in [-0.25, -0.2) is 4.79 Å². The summed E-state index contributed by atoms with van der Waals surface area (Å²) >= 11 is 0. The largest absolute Gasteiger partial charge is 0.478 e. The molecule has 0 atom stereocenters. The second kappa shape index (κ2) is 6.20. The number of nitrogen functional groups attached to an aromatic ring is 1. The van der Waals surface area contributed by atoms with Crippen molar-refractivity contribution >= 4 is 17.6 Å². The van der Waals surface area contributed by atoms with E-state index in [1.807, 2.05) is 0 Å². The lowest BCUT2D eigenvalue weighted by Gasteiger charge is -1.97. The number of anilines is 1. The molecular weight excluding hydrogens is 196 g/mol. The molecule has 1 rings (SSSR count). The van der Waals surface area contributed by atoms with Crippen LogP contribution in [0.4, 0.5) is 5.69 Å². The topological polar surface area (TPSA) is 106 Å². The molecule has 0 aliphatic carbocycles. The summed E-state index contributed by atoms with van der Waals surface area (Å²) in [6.07, 6.45) is 0.833. The van der Waals surface area contributed by atoms with Gasteiger partial charge in [0.1, 0.15) is 0 Å². The highest BCUT2D eigenvalue weighted by atomic mass is 16.4. The number of aliphatic carboxylic acids is 1. The average Bonchev–Trinajstić information content (AvgIpc) is 2.19. The van der Waals surface area contributed by atoms with Crippen molar-refractivity contribution in [1.82, 2.24) is 0 Å². The fraction of sp³-hybridized carbons (Fsp3) is 0. The van der Waals surface area contributed by atoms with Gasteiger partial charge >= 0.3 is 5.97 Å². The minimum absolute atomic E-state index is 0.377. The number of primary amides is 1. The molecule has 1 aromatic rings. The Hall–Kier alpha value is -2.30. The zero-order valence-corrected chi connectivity index (χ0v) is 8.01. The van der Waals surface area contributed by atoms with Crippen LogP contribution in [0.3, 0.4) is 0 Å². The quantitative estimate of drug-likeness (QED) is 0.489. The second-order valence-corrected chi connectivity index (χ2v) is 2.49. The van der Waals surface area contributed by atoms with Crippen molar-refractivity contribution < 1.29 is 14.7 Å². The first-order chi connectivity index (χ1) is 6.99. The van der Waals surface area contributed by atoms with Gasteiger partial charge in [0.15, 0.2) is 0 Å². The van der Waals surface area contributed by atoms with Crippen LogP contribution in [-0.2, 0) is 4.79 Å². The van der Waals surface area contributed by atoms with Gasteiger partial charge in [-0.2, -0.15) is 0 Å². The standard InChI is InChI=1S/C7H8N2O.C3H4O2/c8-6-4-2-1-3-5(6)7(9)10;1-2-3(4)5/h1-4H,8H2,(H2,9,10);2H,1H2,(H,4,5). The van der Waals surface area contributed by atoms with Crippen molar-refractivity contribution in [2.45, 2.75) is 0 Å². The van der Waals surface area contributed by atoms with Gasteiger partial charge in [0, 0.05) is 11.8 Å². The monoisotopic (exact) mass is 208 g/mol. The molecule has 0 saturated heterocycles. The summed E-state index contributed by atoms with van der Waals surface area (Å²) in [6.45, 7) is 2.96. The Balaban J connectivity index is 0.000000336. The van der Waals surface area contributed by atoms with Gasteiger partial charge in [0.2, 0.25) is 0 Å². The van der Waals surface area contributed by atoms with E-state index in [-0.39, 0.29) is 0 Å². The summed E-state index contributed by atoms with van der Waals surface area (Å²) in [6, 6.07) is 6.70. The Morgan fingerprint density at radius 1 is 1.33 bits per heavy atom. The van der Waals surface area contributed by atoms with E-state index in [0.717, 1.165) is 6.08 Å². The van der Waals surface area contributed by atoms with Crippen molar-refractivity contribution in [1.29, 1.82) is 0 Å². The summed E-state index contributed by atoms with van der Waals surface area (Å²) in [5.74, 6) is -1.47. The van der Waals surface area contributed by atoms with Crippen LogP contribution in [0, 0.1) is 0 Å². The molecule has 0 saturated carbocycles. The number of hydrogen-bond acceptors (Lipinski definition) is 3. The number of rotatable bonds is 2. The second-order valence-electron chi connectivity index (χ2n) is 2.49. The van der Waals surface area contributed by atoms with Crippen molar-refractivity contribution in [3.8, 4) is 0 Å². The summed E-state index contributed by atoms with van der Waals surface area (Å²) in [5.41, 5.74) is 11.2. The molecule has 0 aromatic heterocycles. The molecule has 5 nitrogen and oxygen atoms in total. The fourth-order valence-corrected chi connectivity index (χ4v) is 0.721. The van der Waals surface area contributed by atoms with Gasteiger partial charge in [0.05, 0.1) is 5.56 Å². The Morgan fingerprint density at radius 3 is 2.07 bits per heavy atom. The van der Waals surface area contributed by atoms with E-state index in [1.54, 1.807) is 24.3 Å². The van der Waals surface area contributed by atoms with Crippen LogP contribution in [0.1, 0.15) is 10.4 Å². The Kier molecular flexibility index (Phi) is 5.25. The van der Waals surface area contributed by atoms with Gasteiger partial charge < -0.3 is 16.6 Å². The van der Waals surface area contributed by atoms with E-state index >= 15 is 0 Å². The van der Waals surface area contributed by atoms with Crippen LogP contribution < -0.4 is 11.5 Å². The number of hydrogen-bond donors (Lipinski definition) is 3. The number of benzene rings is 1. The molecule has 15 heavy (non-hydrogen) atoms. The molecule has 0 spiro atoms. The molecule has 0 aliphatic heterocycles. The number of carbonyl (C=O) groups excluding carboxylic acids is 1. The maximum atomic E-state index is 10.6. The predicted molar refractivity (Wildman–Crippen MR) is 57.2 cm³/mol. The summed E-state index contributed by atoms with van der Waals surface area (Å²) in [4.78, 5) is 19.8. The van der Waals surface area contributed by atoms with Crippen LogP contribution in [-0.4, -0.2) is 17.0 Å². The number of nitrogens with two attached hydrogens (primary N) is 2. The van der Waals surface area contributed by atoms with Gasteiger partial charge in [0.25, 0.3) is 5.91 Å². The smallest absolute Gasteiger partial charge is 0.327 e. The lowest BCUT2D eigenvalue weighted by Crippen LogP contribution is -2.12. The van der Waals surface area contributed by atoms with Crippen molar-refractivity contribution in [3.63, 3.8) is 0 Å². The normalized spacial score (nSPS) is 8.27. The highest BCUT2D eigenvalue weighted by Crippen LogP contribution is 2.08. The molecule has 5 heteroatoms. The highest BCUT2D eigenvalue weighted by molar-refractivity contribution is 5.97. The molecule has 0 heterocycles. The van der Waals surface area contributed by atoms with E-state index < -0.39 is 11.9 Å². The van der Waals surface area contributed by atoms with Gasteiger partial charge in [-0.15, -0.1) is 0 Å². The molecule has 0 bridgehead atoms. The number of carboxylic acid groups (broad SMARTS) is 1. The Morgan fingerprint density at radius 2 is 1.80 bits per heavy atom. The van der Waals surface area contributed by atoms with E-state index in [9.17, 15) is 9.59 Å². The first-order valence-electron chi connectivity index (χ1n) is 3.98. The number of amides is 1. The van der Waals surface area contributed by atoms with Crippen LogP contribution in [0.2, 0.25) is 0 Å². The molecular formula is C10H12N2O3. The molecule has 0 radical (unpaired) electrons. The van der Waals surface area contributed by atoms with Crippen LogP contribution in [0.15, 0.2) is 36.9 Å². The van der Waals surface area contributed by atoms with Gasteiger partial charge in [-0.05, 0) is 12.1 Å². The first kappa shape index (κ1) is 12.7. The van der Waals surface area contributed by atoms with Crippen LogP contribution in [0.5, 0.6) is 0 Å². The third-order valence-corrected chi connectivity index (χ3v) is 1.40. The van der Waals surface area contributed by atoms with Crippen LogP contribution in [0.25, 0.3) is 0 Å². The molecule has 0 unspecified atom stereocenters. The summed E-state index contributed by atoms with van der Waals surface area (Å²) in [7, 11) is 0. The third-order valence-electron chi connectivity index (χ3n) is 1.40. The highest BCUT2D eigenvalue weighted by Gasteiger charge is 2.01. The molecule has 1 aromatic carbocycles.